The summed E-state index contributed by atoms with van der Waals surface area (Å²) in [5.41, 5.74) is 7.49. The van der Waals surface area contributed by atoms with Gasteiger partial charge in [0.1, 0.15) is 0 Å². The Balaban J connectivity index is 1.76. The molecule has 0 spiro atoms. The molecule has 3 rings (SSSR count). The maximum Gasteiger partial charge on any atom is 0.187 e. The first kappa shape index (κ1) is 12.9. The molecule has 1 saturated heterocycles. The van der Waals surface area contributed by atoms with E-state index in [2.05, 4.69) is 14.9 Å². The van der Waals surface area contributed by atoms with Crippen LogP contribution in [-0.2, 0) is 28.5 Å². The molecule has 2 atom stereocenters. The molecule has 2 N–H and O–H groups in total. The van der Waals surface area contributed by atoms with E-state index in [4.69, 9.17) is 10.5 Å². The van der Waals surface area contributed by atoms with Crippen molar-refractivity contribution in [3.8, 4) is 0 Å². The standard InChI is InChI=1S/C11H16N4O3S/c12-7-1-8(6-18-5-7)15-3-9-10(4-15)14-11(2-13-9)19(16)17/h2,7-8,19H,1,3-6,12H2/t7-,8+/m0/s1. The zero-order chi connectivity index (χ0) is 13.4. The van der Waals surface area contributed by atoms with Gasteiger partial charge >= 0.3 is 0 Å². The highest BCUT2D eigenvalue weighted by Gasteiger charge is 2.31. The Morgan fingerprint density at radius 2 is 2.11 bits per heavy atom. The second-order valence-electron chi connectivity index (χ2n) is 4.97. The van der Waals surface area contributed by atoms with Gasteiger partial charge in [0.2, 0.25) is 0 Å². The summed E-state index contributed by atoms with van der Waals surface area (Å²) in [5.74, 6) is 0. The van der Waals surface area contributed by atoms with Gasteiger partial charge in [-0.05, 0) is 6.42 Å². The van der Waals surface area contributed by atoms with E-state index < -0.39 is 10.7 Å². The number of nitrogens with zero attached hydrogens (tertiary/aromatic N) is 3. The fourth-order valence-electron chi connectivity index (χ4n) is 2.58. The molecule has 3 heterocycles. The molecule has 0 bridgehead atoms. The molecule has 0 aromatic carbocycles. The minimum absolute atomic E-state index is 0.0344. The van der Waals surface area contributed by atoms with E-state index in [0.717, 1.165) is 17.8 Å². The molecule has 0 saturated carbocycles. The minimum Gasteiger partial charge on any atom is -0.378 e. The molecule has 2 aliphatic rings. The van der Waals surface area contributed by atoms with Crippen molar-refractivity contribution in [1.82, 2.24) is 14.9 Å². The second kappa shape index (κ2) is 5.12. The Bertz CT molecular complexity index is 555. The molecule has 0 amide bonds. The molecule has 7 nitrogen and oxygen atoms in total. The van der Waals surface area contributed by atoms with Gasteiger partial charge in [0, 0.05) is 25.2 Å². The number of fused-ring (bicyclic) bond motifs is 1. The summed E-state index contributed by atoms with van der Waals surface area (Å²) in [7, 11) is -2.67. The molecular weight excluding hydrogens is 268 g/mol. The predicted molar refractivity (Wildman–Crippen MR) is 67.1 cm³/mol. The van der Waals surface area contributed by atoms with Crippen LogP contribution in [-0.4, -0.2) is 48.6 Å². The van der Waals surface area contributed by atoms with Crippen molar-refractivity contribution in [2.75, 3.05) is 13.2 Å². The molecule has 0 aliphatic carbocycles. The highest BCUT2D eigenvalue weighted by atomic mass is 32.2. The third-order valence-corrected chi connectivity index (χ3v) is 4.13. The fraction of sp³-hybridized carbons (Fsp3) is 0.636. The highest BCUT2D eigenvalue weighted by molar-refractivity contribution is 7.72. The third kappa shape index (κ3) is 2.62. The van der Waals surface area contributed by atoms with Crippen LogP contribution in [0, 0.1) is 0 Å². The van der Waals surface area contributed by atoms with Crippen molar-refractivity contribution in [2.45, 2.75) is 36.6 Å². The van der Waals surface area contributed by atoms with Crippen LogP contribution >= 0.6 is 0 Å². The average molecular weight is 284 g/mol. The minimum atomic E-state index is -2.67. The quantitative estimate of drug-likeness (QED) is 0.664. The fourth-order valence-corrected chi connectivity index (χ4v) is 2.94. The van der Waals surface area contributed by atoms with Gasteiger partial charge in [0.05, 0.1) is 30.8 Å². The lowest BCUT2D eigenvalue weighted by atomic mass is 10.1. The first-order chi connectivity index (χ1) is 9.13. The molecule has 8 heteroatoms. The molecule has 0 radical (unpaired) electrons. The molecular formula is C11H16N4O3S. The Labute approximate surface area is 112 Å². The van der Waals surface area contributed by atoms with Crippen LogP contribution in [0.15, 0.2) is 11.2 Å². The van der Waals surface area contributed by atoms with E-state index in [9.17, 15) is 8.42 Å². The van der Waals surface area contributed by atoms with Crippen LogP contribution in [0.5, 0.6) is 0 Å². The van der Waals surface area contributed by atoms with Crippen LogP contribution in [0.2, 0.25) is 0 Å². The van der Waals surface area contributed by atoms with Crippen LogP contribution in [0.4, 0.5) is 0 Å². The summed E-state index contributed by atoms with van der Waals surface area (Å²) in [6.07, 6.45) is 2.20. The lowest BCUT2D eigenvalue weighted by Crippen LogP contribution is -2.46. The number of thiol groups is 1. The van der Waals surface area contributed by atoms with Gasteiger partial charge in [-0.2, -0.15) is 0 Å². The second-order valence-corrected chi connectivity index (χ2v) is 5.94. The maximum atomic E-state index is 10.9. The van der Waals surface area contributed by atoms with Crippen LogP contribution in [0.1, 0.15) is 17.8 Å². The van der Waals surface area contributed by atoms with Gasteiger partial charge in [0.25, 0.3) is 0 Å². The van der Waals surface area contributed by atoms with Crippen LogP contribution < -0.4 is 5.73 Å². The van der Waals surface area contributed by atoms with E-state index >= 15 is 0 Å². The van der Waals surface area contributed by atoms with Gasteiger partial charge in [-0.15, -0.1) is 0 Å². The van der Waals surface area contributed by atoms with Crippen molar-refractivity contribution in [3.05, 3.63) is 17.6 Å². The summed E-state index contributed by atoms with van der Waals surface area (Å²) < 4.78 is 27.3. The van der Waals surface area contributed by atoms with Crippen molar-refractivity contribution in [3.63, 3.8) is 0 Å². The Kier molecular flexibility index (Phi) is 3.48. The normalized spacial score (nSPS) is 27.7. The van der Waals surface area contributed by atoms with Crippen molar-refractivity contribution in [1.29, 1.82) is 0 Å². The van der Waals surface area contributed by atoms with Crippen molar-refractivity contribution >= 4 is 10.7 Å². The van der Waals surface area contributed by atoms with Gasteiger partial charge < -0.3 is 10.5 Å². The number of hydrogen-bond donors (Lipinski definition) is 2. The first-order valence-electron chi connectivity index (χ1n) is 6.20. The Hall–Kier alpha value is -1.09. The molecule has 1 aromatic rings. The van der Waals surface area contributed by atoms with Gasteiger partial charge in [-0.3, -0.25) is 9.88 Å². The summed E-state index contributed by atoms with van der Waals surface area (Å²) in [4.78, 5) is 10.5. The number of rotatable bonds is 2. The van der Waals surface area contributed by atoms with E-state index in [-0.39, 0.29) is 17.1 Å². The molecule has 0 unspecified atom stereocenters. The number of ether oxygens (including phenoxy) is 1. The third-order valence-electron chi connectivity index (χ3n) is 3.54. The van der Waals surface area contributed by atoms with Crippen LogP contribution in [0.25, 0.3) is 0 Å². The monoisotopic (exact) mass is 284 g/mol. The van der Waals surface area contributed by atoms with Gasteiger partial charge in [0.15, 0.2) is 15.7 Å². The maximum absolute atomic E-state index is 10.9. The topological polar surface area (TPSA) is 98.4 Å². The van der Waals surface area contributed by atoms with E-state index in [1.54, 1.807) is 0 Å². The van der Waals surface area contributed by atoms with Crippen molar-refractivity contribution < 1.29 is 13.2 Å². The van der Waals surface area contributed by atoms with Crippen molar-refractivity contribution in [2.24, 2.45) is 5.73 Å². The zero-order valence-corrected chi connectivity index (χ0v) is 11.3. The first-order valence-corrected chi connectivity index (χ1v) is 7.38. The van der Waals surface area contributed by atoms with Gasteiger partial charge in [-0.1, -0.05) is 0 Å². The SMILES string of the molecule is N[C@@H]1COC[C@H](N2Cc3ncc([SH](=O)=O)nc3C2)C1. The van der Waals surface area contributed by atoms with E-state index in [1.165, 1.54) is 6.20 Å². The van der Waals surface area contributed by atoms with Gasteiger partial charge in [-0.25, -0.2) is 13.4 Å². The summed E-state index contributed by atoms with van der Waals surface area (Å²) >= 11 is 0. The lowest BCUT2D eigenvalue weighted by Gasteiger charge is -2.33. The molecule has 1 fully saturated rings. The average Bonchev–Trinajstić information content (AvgIpc) is 2.81. The summed E-state index contributed by atoms with van der Waals surface area (Å²) in [5, 5.41) is 0.0344. The molecule has 19 heavy (non-hydrogen) atoms. The number of aromatic nitrogens is 2. The number of hydrogen-bond acceptors (Lipinski definition) is 7. The van der Waals surface area contributed by atoms with E-state index in [0.29, 0.717) is 26.3 Å². The Morgan fingerprint density at radius 3 is 2.84 bits per heavy atom. The smallest absolute Gasteiger partial charge is 0.187 e. The molecule has 1 aromatic heterocycles. The summed E-state index contributed by atoms with van der Waals surface area (Å²) in [6, 6.07) is 0.319. The van der Waals surface area contributed by atoms with E-state index in [1.807, 2.05) is 0 Å². The predicted octanol–water partition coefficient (Wildman–Crippen LogP) is -1.12. The number of nitrogens with two attached hydrogens (primary N) is 1. The molecule has 104 valence electrons. The highest BCUT2D eigenvalue weighted by Crippen LogP contribution is 2.25. The Morgan fingerprint density at radius 1 is 1.32 bits per heavy atom. The molecule has 2 aliphatic heterocycles. The zero-order valence-electron chi connectivity index (χ0n) is 10.4. The van der Waals surface area contributed by atoms with Crippen LogP contribution in [0.3, 0.4) is 0 Å². The lowest BCUT2D eigenvalue weighted by molar-refractivity contribution is 0.00509. The largest absolute Gasteiger partial charge is 0.378 e. The summed E-state index contributed by atoms with van der Waals surface area (Å²) in [6.45, 7) is 2.55.